The summed E-state index contributed by atoms with van der Waals surface area (Å²) in [6, 6.07) is 1.77. The molecule has 26 heavy (non-hydrogen) atoms. The molecule has 0 aromatic carbocycles. The highest BCUT2D eigenvalue weighted by Gasteiger charge is 2.47. The molecule has 3 aliphatic rings. The maximum atomic E-state index is 12.7. The Morgan fingerprint density at radius 2 is 1.85 bits per heavy atom. The van der Waals surface area contributed by atoms with Crippen molar-refractivity contribution in [1.82, 2.24) is 24.5 Å². The topological polar surface area (TPSA) is 61.7 Å². The van der Waals surface area contributed by atoms with Crippen LogP contribution in [-0.4, -0.2) is 81.1 Å². The summed E-state index contributed by atoms with van der Waals surface area (Å²) in [5, 5.41) is 4.10. The van der Waals surface area contributed by atoms with Gasteiger partial charge in [0.2, 0.25) is 5.91 Å². The van der Waals surface area contributed by atoms with E-state index in [0.717, 1.165) is 45.4 Å². The molecule has 0 N–H and O–H groups in total. The molecule has 0 atom stereocenters. The SMILES string of the molecule is Cn1nccc1C(=O)N1CCC2(CCC(=O)N2CCN2CCCC2)CC1. The molecule has 4 heterocycles. The van der Waals surface area contributed by atoms with Crippen LogP contribution in [0, 0.1) is 0 Å². The number of amides is 2. The molecule has 0 radical (unpaired) electrons. The highest BCUT2D eigenvalue weighted by atomic mass is 16.2. The first-order valence-electron chi connectivity index (χ1n) is 9.89. The molecule has 0 unspecified atom stereocenters. The zero-order valence-electron chi connectivity index (χ0n) is 15.7. The number of carbonyl (C=O) groups is 2. The smallest absolute Gasteiger partial charge is 0.272 e. The van der Waals surface area contributed by atoms with Crippen molar-refractivity contribution in [2.45, 2.75) is 44.1 Å². The highest BCUT2D eigenvalue weighted by Crippen LogP contribution is 2.39. The van der Waals surface area contributed by atoms with Gasteiger partial charge >= 0.3 is 0 Å². The third-order valence-corrected chi connectivity index (χ3v) is 6.54. The van der Waals surface area contributed by atoms with Gasteiger partial charge in [0.1, 0.15) is 5.69 Å². The molecule has 0 aliphatic carbocycles. The molecule has 1 aromatic rings. The first-order valence-corrected chi connectivity index (χ1v) is 9.89. The van der Waals surface area contributed by atoms with Crippen LogP contribution in [-0.2, 0) is 11.8 Å². The van der Waals surface area contributed by atoms with E-state index in [2.05, 4.69) is 14.9 Å². The van der Waals surface area contributed by atoms with Crippen LogP contribution in [0.25, 0.3) is 0 Å². The van der Waals surface area contributed by atoms with Crippen molar-refractivity contribution in [1.29, 1.82) is 0 Å². The Kier molecular flexibility index (Phi) is 4.73. The van der Waals surface area contributed by atoms with E-state index in [1.54, 1.807) is 24.0 Å². The fourth-order valence-electron chi connectivity index (χ4n) is 4.88. The standard InChI is InChI=1S/C19H29N5O2/c1-21-16(5-9-20-21)18(26)23-12-7-19(8-13-23)6-4-17(25)24(19)15-14-22-10-2-3-11-22/h5,9H,2-4,6-8,10-15H2,1H3. The summed E-state index contributed by atoms with van der Waals surface area (Å²) in [5.74, 6) is 0.350. The number of aryl methyl sites for hydroxylation is 1. The van der Waals surface area contributed by atoms with Gasteiger partial charge in [0.25, 0.3) is 5.91 Å². The lowest BCUT2D eigenvalue weighted by Crippen LogP contribution is -2.55. The molecule has 142 valence electrons. The molecular formula is C19H29N5O2. The van der Waals surface area contributed by atoms with Gasteiger partial charge in [-0.05, 0) is 51.3 Å². The van der Waals surface area contributed by atoms with Crippen molar-refractivity contribution in [2.75, 3.05) is 39.3 Å². The minimum absolute atomic E-state index is 0.0277. The molecule has 7 nitrogen and oxygen atoms in total. The second-order valence-electron chi connectivity index (χ2n) is 7.95. The summed E-state index contributed by atoms with van der Waals surface area (Å²) >= 11 is 0. The van der Waals surface area contributed by atoms with Gasteiger partial charge in [0.05, 0.1) is 0 Å². The van der Waals surface area contributed by atoms with Crippen LogP contribution in [0.5, 0.6) is 0 Å². The summed E-state index contributed by atoms with van der Waals surface area (Å²) in [4.78, 5) is 31.8. The molecule has 7 heteroatoms. The van der Waals surface area contributed by atoms with Crippen molar-refractivity contribution in [2.24, 2.45) is 7.05 Å². The summed E-state index contributed by atoms with van der Waals surface area (Å²) in [6.07, 6.45) is 7.61. The van der Waals surface area contributed by atoms with Gasteiger partial charge in [0.15, 0.2) is 0 Å². The van der Waals surface area contributed by atoms with E-state index >= 15 is 0 Å². The molecule has 1 spiro atoms. The van der Waals surface area contributed by atoms with Crippen LogP contribution in [0.4, 0.5) is 0 Å². The Bertz CT molecular complexity index is 671. The van der Waals surface area contributed by atoms with Crippen molar-refractivity contribution in [3.05, 3.63) is 18.0 Å². The maximum Gasteiger partial charge on any atom is 0.272 e. The van der Waals surface area contributed by atoms with E-state index in [9.17, 15) is 9.59 Å². The zero-order valence-corrected chi connectivity index (χ0v) is 15.7. The van der Waals surface area contributed by atoms with Crippen molar-refractivity contribution in [3.8, 4) is 0 Å². The molecule has 3 saturated heterocycles. The molecule has 3 aliphatic heterocycles. The first kappa shape index (κ1) is 17.5. The lowest BCUT2D eigenvalue weighted by molar-refractivity contribution is -0.132. The second kappa shape index (κ2) is 7.02. The van der Waals surface area contributed by atoms with Crippen molar-refractivity contribution in [3.63, 3.8) is 0 Å². The summed E-state index contributed by atoms with van der Waals surface area (Å²) < 4.78 is 1.63. The van der Waals surface area contributed by atoms with Gasteiger partial charge in [0, 0.05) is 51.4 Å². The summed E-state index contributed by atoms with van der Waals surface area (Å²) in [7, 11) is 1.80. The van der Waals surface area contributed by atoms with Gasteiger partial charge in [-0.25, -0.2) is 0 Å². The normalized spacial score (nSPS) is 23.3. The number of aromatic nitrogens is 2. The fraction of sp³-hybridized carbons (Fsp3) is 0.737. The van der Waals surface area contributed by atoms with Crippen LogP contribution in [0.3, 0.4) is 0 Å². The van der Waals surface area contributed by atoms with E-state index in [1.165, 1.54) is 25.9 Å². The third kappa shape index (κ3) is 3.13. The Morgan fingerprint density at radius 1 is 1.12 bits per heavy atom. The van der Waals surface area contributed by atoms with E-state index < -0.39 is 0 Å². The first-order chi connectivity index (χ1) is 12.6. The van der Waals surface area contributed by atoms with Crippen LogP contribution < -0.4 is 0 Å². The van der Waals surface area contributed by atoms with Gasteiger partial charge in [-0.15, -0.1) is 0 Å². The number of rotatable bonds is 4. The average Bonchev–Trinajstić information content (AvgIpc) is 3.37. The molecule has 2 amide bonds. The van der Waals surface area contributed by atoms with Gasteiger partial charge < -0.3 is 14.7 Å². The average molecular weight is 359 g/mol. The van der Waals surface area contributed by atoms with Crippen LogP contribution in [0.2, 0.25) is 0 Å². The van der Waals surface area contributed by atoms with Gasteiger partial charge in [-0.1, -0.05) is 0 Å². The zero-order chi connectivity index (χ0) is 18.1. The highest BCUT2D eigenvalue weighted by molar-refractivity contribution is 5.92. The minimum atomic E-state index is -0.0277. The van der Waals surface area contributed by atoms with Crippen LogP contribution >= 0.6 is 0 Å². The maximum absolute atomic E-state index is 12.7. The van der Waals surface area contributed by atoms with Gasteiger partial charge in [-0.2, -0.15) is 5.10 Å². The Labute approximate surface area is 154 Å². The lowest BCUT2D eigenvalue weighted by atomic mass is 9.85. The number of carbonyl (C=O) groups excluding carboxylic acids is 2. The predicted octanol–water partition coefficient (Wildman–Crippen LogP) is 1.11. The van der Waals surface area contributed by atoms with E-state index in [4.69, 9.17) is 0 Å². The lowest BCUT2D eigenvalue weighted by Gasteiger charge is -2.45. The molecule has 0 bridgehead atoms. The molecule has 4 rings (SSSR count). The van der Waals surface area contributed by atoms with Crippen molar-refractivity contribution >= 4 is 11.8 Å². The van der Waals surface area contributed by atoms with Crippen LogP contribution in [0.15, 0.2) is 12.3 Å². The molecule has 3 fully saturated rings. The third-order valence-electron chi connectivity index (χ3n) is 6.54. The number of likely N-dealkylation sites (tertiary alicyclic amines) is 3. The summed E-state index contributed by atoms with van der Waals surface area (Å²) in [5.41, 5.74) is 0.606. The number of nitrogens with zero attached hydrogens (tertiary/aromatic N) is 5. The number of hydrogen-bond donors (Lipinski definition) is 0. The molecular weight excluding hydrogens is 330 g/mol. The second-order valence-corrected chi connectivity index (χ2v) is 7.95. The minimum Gasteiger partial charge on any atom is -0.337 e. The number of piperidine rings is 1. The Hall–Kier alpha value is -1.89. The summed E-state index contributed by atoms with van der Waals surface area (Å²) in [6.45, 7) is 5.61. The molecule has 1 aromatic heterocycles. The van der Waals surface area contributed by atoms with Gasteiger partial charge in [-0.3, -0.25) is 14.3 Å². The van der Waals surface area contributed by atoms with Crippen molar-refractivity contribution < 1.29 is 9.59 Å². The fourth-order valence-corrected chi connectivity index (χ4v) is 4.88. The van der Waals surface area contributed by atoms with E-state index in [0.29, 0.717) is 18.0 Å². The monoisotopic (exact) mass is 359 g/mol. The van der Waals surface area contributed by atoms with E-state index in [1.807, 2.05) is 4.90 Å². The molecule has 0 saturated carbocycles. The predicted molar refractivity (Wildman–Crippen MR) is 97.7 cm³/mol. The Balaban J connectivity index is 1.38. The van der Waals surface area contributed by atoms with Crippen LogP contribution in [0.1, 0.15) is 49.0 Å². The largest absolute Gasteiger partial charge is 0.337 e. The quantitative estimate of drug-likeness (QED) is 0.808. The van der Waals surface area contributed by atoms with E-state index in [-0.39, 0.29) is 11.4 Å². The number of hydrogen-bond acceptors (Lipinski definition) is 4. The Morgan fingerprint density at radius 3 is 2.50 bits per heavy atom.